The molecule has 3 nitrogen and oxygen atoms in total. The van der Waals surface area contributed by atoms with E-state index >= 15 is 0 Å². The van der Waals surface area contributed by atoms with Crippen molar-refractivity contribution in [3.8, 4) is 0 Å². The lowest BCUT2D eigenvalue weighted by Crippen LogP contribution is -2.10. The topological polar surface area (TPSA) is 50.2 Å². The summed E-state index contributed by atoms with van der Waals surface area (Å²) >= 11 is 0. The summed E-state index contributed by atoms with van der Waals surface area (Å²) in [6, 6.07) is 1.85. The molecule has 0 bridgehead atoms. The van der Waals surface area contributed by atoms with Gasteiger partial charge in [-0.1, -0.05) is 20.3 Å². The second-order valence-electron chi connectivity index (χ2n) is 5.05. The number of carboxylic acids is 1. The quantitative estimate of drug-likeness (QED) is 0.798. The molecule has 0 fully saturated rings. The molecule has 0 saturated heterocycles. The molecule has 92 valence electrons. The third-order valence-electron chi connectivity index (χ3n) is 3.36. The van der Waals surface area contributed by atoms with Gasteiger partial charge in [0.1, 0.15) is 0 Å². The van der Waals surface area contributed by atoms with E-state index in [1.807, 2.05) is 19.9 Å². The van der Waals surface area contributed by atoms with Crippen LogP contribution in [-0.2, 0) is 12.8 Å². The lowest BCUT2D eigenvalue weighted by atomic mass is 9.98. The maximum Gasteiger partial charge on any atom is 0.337 e. The Hall–Kier alpha value is -1.38. The molecule has 0 radical (unpaired) electrons. The molecule has 0 saturated carbocycles. The number of aromatic carboxylic acids is 1. The van der Waals surface area contributed by atoms with E-state index in [-0.39, 0.29) is 5.92 Å². The largest absolute Gasteiger partial charge is 0.478 e. The normalized spacial score (nSPS) is 15.5. The molecule has 17 heavy (non-hydrogen) atoms. The fourth-order valence-corrected chi connectivity index (χ4v) is 2.44. The Balaban J connectivity index is 2.52. The summed E-state index contributed by atoms with van der Waals surface area (Å²) in [6.45, 7) is 4.00. The second kappa shape index (κ2) is 4.86. The van der Waals surface area contributed by atoms with E-state index in [0.717, 1.165) is 36.2 Å². The first-order valence-electron chi connectivity index (χ1n) is 6.35. The molecule has 1 aliphatic carbocycles. The molecule has 0 amide bonds. The monoisotopic (exact) mass is 233 g/mol. The van der Waals surface area contributed by atoms with Gasteiger partial charge in [0.25, 0.3) is 0 Å². The minimum atomic E-state index is -0.853. The predicted octanol–water partition coefficient (Wildman–Crippen LogP) is 3.17. The molecule has 0 aromatic carbocycles. The van der Waals surface area contributed by atoms with Crippen LogP contribution in [0.25, 0.3) is 0 Å². The number of hydrogen-bond acceptors (Lipinski definition) is 2. The third-order valence-corrected chi connectivity index (χ3v) is 3.36. The van der Waals surface area contributed by atoms with Gasteiger partial charge in [0.05, 0.1) is 11.3 Å². The van der Waals surface area contributed by atoms with Gasteiger partial charge in [0.15, 0.2) is 0 Å². The van der Waals surface area contributed by atoms with Crippen molar-refractivity contribution in [1.29, 1.82) is 0 Å². The first kappa shape index (κ1) is 12.1. The molecule has 1 aromatic heterocycles. The van der Waals surface area contributed by atoms with Crippen molar-refractivity contribution in [3.63, 3.8) is 0 Å². The number of carbonyl (C=O) groups is 1. The third kappa shape index (κ3) is 2.48. The number of fused-ring (bicyclic) bond motifs is 1. The Labute approximate surface area is 102 Å². The Morgan fingerprint density at radius 3 is 2.65 bits per heavy atom. The standard InChI is InChI=1S/C14H19NO2/c1-9(2)13-11(14(16)17)8-10-6-4-3-5-7-12(10)15-13/h8-9H,3-7H2,1-2H3,(H,16,17). The van der Waals surface area contributed by atoms with Gasteiger partial charge in [-0.15, -0.1) is 0 Å². The molecule has 1 N–H and O–H groups in total. The zero-order chi connectivity index (χ0) is 12.4. The zero-order valence-corrected chi connectivity index (χ0v) is 10.5. The van der Waals surface area contributed by atoms with Crippen molar-refractivity contribution < 1.29 is 9.90 Å². The van der Waals surface area contributed by atoms with E-state index in [9.17, 15) is 9.90 Å². The van der Waals surface area contributed by atoms with Gasteiger partial charge < -0.3 is 5.11 Å². The van der Waals surface area contributed by atoms with Crippen molar-refractivity contribution in [1.82, 2.24) is 4.98 Å². The summed E-state index contributed by atoms with van der Waals surface area (Å²) in [5.41, 5.74) is 3.39. The van der Waals surface area contributed by atoms with Crippen LogP contribution >= 0.6 is 0 Å². The van der Waals surface area contributed by atoms with Crippen molar-refractivity contribution in [2.75, 3.05) is 0 Å². The predicted molar refractivity (Wildman–Crippen MR) is 66.5 cm³/mol. The van der Waals surface area contributed by atoms with Crippen LogP contribution in [0.2, 0.25) is 0 Å². The Morgan fingerprint density at radius 1 is 1.29 bits per heavy atom. The van der Waals surface area contributed by atoms with Crippen molar-refractivity contribution in [3.05, 3.63) is 28.6 Å². The van der Waals surface area contributed by atoms with Crippen LogP contribution in [0.4, 0.5) is 0 Å². The van der Waals surface area contributed by atoms with Gasteiger partial charge in [0, 0.05) is 5.69 Å². The molecule has 1 heterocycles. The van der Waals surface area contributed by atoms with Crippen LogP contribution in [0.1, 0.15) is 66.3 Å². The molecular formula is C14H19NO2. The molecule has 0 spiro atoms. The van der Waals surface area contributed by atoms with E-state index in [4.69, 9.17) is 0 Å². The highest BCUT2D eigenvalue weighted by Crippen LogP contribution is 2.25. The number of rotatable bonds is 2. The Bertz CT molecular complexity index is 438. The highest BCUT2D eigenvalue weighted by Gasteiger charge is 2.19. The highest BCUT2D eigenvalue weighted by atomic mass is 16.4. The average molecular weight is 233 g/mol. The van der Waals surface area contributed by atoms with Gasteiger partial charge in [-0.3, -0.25) is 4.98 Å². The fraction of sp³-hybridized carbons (Fsp3) is 0.571. The lowest BCUT2D eigenvalue weighted by molar-refractivity contribution is 0.0694. The average Bonchev–Trinajstić information content (AvgIpc) is 2.51. The fourth-order valence-electron chi connectivity index (χ4n) is 2.44. The summed E-state index contributed by atoms with van der Waals surface area (Å²) in [6.07, 6.45) is 5.50. The van der Waals surface area contributed by atoms with E-state index in [1.54, 1.807) is 0 Å². The van der Waals surface area contributed by atoms with E-state index in [1.165, 1.54) is 12.8 Å². The summed E-state index contributed by atoms with van der Waals surface area (Å²) in [7, 11) is 0. The van der Waals surface area contributed by atoms with Gasteiger partial charge in [0.2, 0.25) is 0 Å². The minimum absolute atomic E-state index is 0.162. The molecule has 3 heteroatoms. The van der Waals surface area contributed by atoms with Crippen molar-refractivity contribution in [2.45, 2.75) is 51.9 Å². The van der Waals surface area contributed by atoms with Gasteiger partial charge in [-0.25, -0.2) is 4.79 Å². The molecule has 1 aromatic rings. The number of carboxylic acid groups (broad SMARTS) is 1. The second-order valence-corrected chi connectivity index (χ2v) is 5.05. The van der Waals surface area contributed by atoms with Gasteiger partial charge >= 0.3 is 5.97 Å². The first-order chi connectivity index (χ1) is 8.09. The van der Waals surface area contributed by atoms with Crippen LogP contribution in [0.5, 0.6) is 0 Å². The van der Waals surface area contributed by atoms with Crippen LogP contribution in [0, 0.1) is 0 Å². The maximum absolute atomic E-state index is 11.3. The van der Waals surface area contributed by atoms with Gasteiger partial charge in [-0.2, -0.15) is 0 Å². The van der Waals surface area contributed by atoms with Crippen LogP contribution in [-0.4, -0.2) is 16.1 Å². The molecule has 0 unspecified atom stereocenters. The summed E-state index contributed by atoms with van der Waals surface area (Å²) < 4.78 is 0. The molecule has 1 aliphatic rings. The number of aromatic nitrogens is 1. The maximum atomic E-state index is 11.3. The van der Waals surface area contributed by atoms with Gasteiger partial charge in [-0.05, 0) is 43.2 Å². The van der Waals surface area contributed by atoms with Crippen LogP contribution in [0.15, 0.2) is 6.07 Å². The molecule has 2 rings (SSSR count). The Morgan fingerprint density at radius 2 is 2.00 bits per heavy atom. The van der Waals surface area contributed by atoms with E-state index < -0.39 is 5.97 Å². The zero-order valence-electron chi connectivity index (χ0n) is 10.5. The highest BCUT2D eigenvalue weighted by molar-refractivity contribution is 5.89. The number of hydrogen-bond donors (Lipinski definition) is 1. The van der Waals surface area contributed by atoms with E-state index in [2.05, 4.69) is 4.98 Å². The van der Waals surface area contributed by atoms with E-state index in [0.29, 0.717) is 5.56 Å². The molecule has 0 atom stereocenters. The minimum Gasteiger partial charge on any atom is -0.478 e. The van der Waals surface area contributed by atoms with Crippen LogP contribution in [0.3, 0.4) is 0 Å². The molecule has 0 aliphatic heterocycles. The first-order valence-corrected chi connectivity index (χ1v) is 6.35. The van der Waals surface area contributed by atoms with Crippen molar-refractivity contribution >= 4 is 5.97 Å². The van der Waals surface area contributed by atoms with Crippen molar-refractivity contribution in [2.24, 2.45) is 0 Å². The smallest absolute Gasteiger partial charge is 0.337 e. The number of aryl methyl sites for hydroxylation is 2. The summed E-state index contributed by atoms with van der Waals surface area (Å²) in [5.74, 6) is -0.692. The van der Waals surface area contributed by atoms with Crippen LogP contribution < -0.4 is 0 Å². The SMILES string of the molecule is CC(C)c1nc2c(cc1C(=O)O)CCCCC2. The summed E-state index contributed by atoms with van der Waals surface area (Å²) in [5, 5.41) is 9.25. The lowest BCUT2D eigenvalue weighted by Gasteiger charge is -2.13. The molecular weight excluding hydrogens is 214 g/mol. The summed E-state index contributed by atoms with van der Waals surface area (Å²) in [4.78, 5) is 15.9. The number of nitrogens with zero attached hydrogens (tertiary/aromatic N) is 1. The Kier molecular flexibility index (Phi) is 3.46. The number of pyridine rings is 1.